The molecule has 0 saturated heterocycles. The molecule has 0 saturated carbocycles. The molecular formula is C69H86Cl2N8O8. The number of anilines is 4. The molecule has 0 bridgehead atoms. The van der Waals surface area contributed by atoms with E-state index in [0.29, 0.717) is 46.7 Å². The maximum atomic E-state index is 14.3. The van der Waals surface area contributed by atoms with Crippen LogP contribution in [0.25, 0.3) is 60.9 Å². The summed E-state index contributed by atoms with van der Waals surface area (Å²) >= 11 is 0. The molecule has 0 radical (unpaired) electrons. The molecule has 8 aromatic rings. The van der Waals surface area contributed by atoms with Gasteiger partial charge in [0.05, 0.1) is 33.4 Å². The van der Waals surface area contributed by atoms with E-state index in [2.05, 4.69) is 15.2 Å². The smallest absolute Gasteiger partial charge is 0.414 e. The van der Waals surface area contributed by atoms with Crippen molar-refractivity contribution in [3.63, 3.8) is 0 Å². The number of fused-ring (bicyclic) bond motifs is 4. The van der Waals surface area contributed by atoms with Gasteiger partial charge >= 0.3 is 24.4 Å². The van der Waals surface area contributed by atoms with E-state index in [0.717, 1.165) is 117 Å². The van der Waals surface area contributed by atoms with E-state index in [9.17, 15) is 19.2 Å². The van der Waals surface area contributed by atoms with Crippen LogP contribution in [0.2, 0.25) is 0 Å². The van der Waals surface area contributed by atoms with Crippen molar-refractivity contribution in [3.8, 4) is 16.8 Å². The van der Waals surface area contributed by atoms with E-state index in [1.54, 1.807) is 9.80 Å². The average Bonchev–Trinajstić information content (AvgIpc) is 0.939. The van der Waals surface area contributed by atoms with E-state index < -0.39 is 46.8 Å². The lowest BCUT2D eigenvalue weighted by Crippen LogP contribution is -3.00. The van der Waals surface area contributed by atoms with Gasteiger partial charge in [0.2, 0.25) is 16.7 Å². The largest absolute Gasteiger partial charge is 1.00 e. The summed E-state index contributed by atoms with van der Waals surface area (Å²) < 4.78 is 25.3. The molecule has 4 amide bonds. The van der Waals surface area contributed by atoms with Gasteiger partial charge in [-0.25, -0.2) is 34.1 Å². The predicted molar refractivity (Wildman–Crippen MR) is 349 cm³/mol. The quantitative estimate of drug-likeness (QED) is 0.0407. The lowest BCUT2D eigenvalue weighted by molar-refractivity contribution is -0.538. The minimum Gasteiger partial charge on any atom is -1.00 e. The first-order valence-electron chi connectivity index (χ1n) is 29.6. The summed E-state index contributed by atoms with van der Waals surface area (Å²) in [6, 6.07) is 33.4. The van der Waals surface area contributed by atoms with Gasteiger partial charge in [0.15, 0.2) is 0 Å². The topological polar surface area (TPSA) is 178 Å². The number of amides is 4. The molecule has 18 heteroatoms. The predicted octanol–water partition coefficient (Wildman–Crippen LogP) is 14.7. The lowest BCUT2D eigenvalue weighted by Gasteiger charge is -2.28. The zero-order chi connectivity index (χ0) is 61.8. The zero-order valence-corrected chi connectivity index (χ0v) is 55.0. The monoisotopic (exact) mass is 1220 g/mol. The van der Waals surface area contributed by atoms with E-state index in [4.69, 9.17) is 33.9 Å². The summed E-state index contributed by atoms with van der Waals surface area (Å²) in [5.41, 5.74) is 12.0. The van der Waals surface area contributed by atoms with E-state index in [1.807, 2.05) is 214 Å². The number of halogens is 2. The first-order chi connectivity index (χ1) is 39.9. The molecule has 0 atom stereocenters. The maximum absolute atomic E-state index is 14.3. The van der Waals surface area contributed by atoms with Crippen LogP contribution in [0, 0.1) is 27.7 Å². The third-order valence-electron chi connectivity index (χ3n) is 14.1. The molecule has 2 heterocycles. The number of hydrogen-bond donors (Lipinski definition) is 2. The highest BCUT2D eigenvalue weighted by Gasteiger charge is 2.30. The zero-order valence-electron chi connectivity index (χ0n) is 53.4. The molecule has 0 fully saturated rings. The molecule has 6 aromatic carbocycles. The molecule has 0 spiro atoms. The van der Waals surface area contributed by atoms with Gasteiger partial charge in [-0.15, -0.1) is 17.0 Å². The first-order valence-corrected chi connectivity index (χ1v) is 29.6. The first kappa shape index (κ1) is 68.3. The molecule has 2 N–H and O–H groups in total. The molecule has 16 nitrogen and oxygen atoms in total. The SMILES string of the molecule is Cc1cc2nc3cc(C)c(N(CCCCCCCCCN(C(=O)OC(C)(C)C)c4ccc5nc6c(-c7c(C)ccc(NC(=O)OC(C)(C)C)c7C)cccc6nc5c4)C(=O)OC(C)(C)C)cc3[n+](-c3ccccc3)c2cc1NC(=O)OC(C)(C)C.Cl.[Cl-]. The number of para-hydroxylation sites is 2. The number of nitrogens with one attached hydrogen (secondary N) is 2. The second-order valence-corrected chi connectivity index (χ2v) is 26.1. The van der Waals surface area contributed by atoms with Crippen LogP contribution in [0.4, 0.5) is 41.9 Å². The Morgan fingerprint density at radius 2 is 0.989 bits per heavy atom. The maximum Gasteiger partial charge on any atom is 0.414 e. The Morgan fingerprint density at radius 1 is 0.471 bits per heavy atom. The number of unbranched alkanes of at least 4 members (excludes halogenated alkanes) is 6. The standard InChI is InChI=1S/C69H84N8O8.2ClH/c1-43-32-34-50(73-62(78)82-66(5,6)7)46(4)60(43)49-30-27-31-52-61(49)72-51-35-33-48(40-54(51)70-52)75(64(80)84-68(11,12)13)36-25-20-18-17-19-21-26-37-76(65(81)85-69(14,15)16)57-42-59-56(39-45(57)3)71-55-38-44(2)53(74-63(79)83-67(8,9)10)41-58(55)77(59)47-28-23-22-24-29-47;;/h22-24,27-35,38-42H,17-21,25-26,36-37H2,1-16H3,(H,73,78);2*1H. The number of carbonyl (C=O) groups excluding carboxylic acids is 4. The number of nitrogens with zero attached hydrogens (tertiary/aromatic N) is 6. The molecule has 8 rings (SSSR count). The van der Waals surface area contributed by atoms with Gasteiger partial charge in [0.1, 0.15) is 33.4 Å². The number of aromatic nitrogens is 4. The van der Waals surface area contributed by atoms with E-state index >= 15 is 0 Å². The van der Waals surface area contributed by atoms with Crippen LogP contribution in [0.5, 0.6) is 0 Å². The van der Waals surface area contributed by atoms with Crippen LogP contribution in [-0.4, -0.2) is 74.8 Å². The summed E-state index contributed by atoms with van der Waals surface area (Å²) in [6.45, 7) is 31.1. The van der Waals surface area contributed by atoms with Gasteiger partial charge in [0.25, 0.3) is 0 Å². The van der Waals surface area contributed by atoms with Crippen molar-refractivity contribution in [1.82, 2.24) is 15.0 Å². The summed E-state index contributed by atoms with van der Waals surface area (Å²) in [4.78, 5) is 72.9. The van der Waals surface area contributed by atoms with Gasteiger partial charge < -0.3 is 31.4 Å². The molecule has 464 valence electrons. The van der Waals surface area contributed by atoms with Crippen LogP contribution in [0.15, 0.2) is 103 Å². The molecule has 0 unspecified atom stereocenters. The highest BCUT2D eigenvalue weighted by Crippen LogP contribution is 2.37. The Kier molecular flexibility index (Phi) is 21.9. The van der Waals surface area contributed by atoms with Crippen molar-refractivity contribution < 1.29 is 55.1 Å². The van der Waals surface area contributed by atoms with Crippen LogP contribution in [0.1, 0.15) is 150 Å². The van der Waals surface area contributed by atoms with Crippen molar-refractivity contribution in [1.29, 1.82) is 0 Å². The van der Waals surface area contributed by atoms with Crippen LogP contribution < -0.4 is 37.4 Å². The molecule has 0 aliphatic carbocycles. The Balaban J connectivity index is 0.00000605. The van der Waals surface area contributed by atoms with Crippen LogP contribution in [-0.2, 0) is 18.9 Å². The summed E-state index contributed by atoms with van der Waals surface area (Å²) in [6.07, 6.45) is 4.28. The normalized spacial score (nSPS) is 11.9. The second-order valence-electron chi connectivity index (χ2n) is 26.1. The average molecular weight is 1230 g/mol. The van der Waals surface area contributed by atoms with Gasteiger partial charge in [-0.2, -0.15) is 0 Å². The number of ether oxygens (including phenoxy) is 4. The third kappa shape index (κ3) is 17.7. The van der Waals surface area contributed by atoms with Crippen molar-refractivity contribution in [3.05, 3.63) is 125 Å². The van der Waals surface area contributed by atoms with Crippen LogP contribution in [0.3, 0.4) is 0 Å². The number of rotatable bonds is 16. The number of benzene rings is 6. The third-order valence-corrected chi connectivity index (χ3v) is 14.1. The van der Waals surface area contributed by atoms with Gasteiger partial charge in [-0.1, -0.05) is 68.5 Å². The Morgan fingerprint density at radius 3 is 1.57 bits per heavy atom. The molecule has 2 aromatic heterocycles. The van der Waals surface area contributed by atoms with E-state index in [1.165, 1.54) is 0 Å². The highest BCUT2D eigenvalue weighted by atomic mass is 35.5. The number of carbonyl (C=O) groups is 4. The Bertz CT molecular complexity index is 3810. The van der Waals surface area contributed by atoms with Crippen molar-refractivity contribution >= 4 is 104 Å². The van der Waals surface area contributed by atoms with Gasteiger partial charge in [0, 0.05) is 54.3 Å². The Hall–Kier alpha value is -7.82. The van der Waals surface area contributed by atoms with Crippen molar-refractivity contribution in [2.75, 3.05) is 33.5 Å². The summed E-state index contributed by atoms with van der Waals surface area (Å²) in [5, 5.41) is 5.88. The number of hydrogen-bond acceptors (Lipinski definition) is 11. The minimum atomic E-state index is -0.725. The minimum absolute atomic E-state index is 0. The molecule has 0 aliphatic heterocycles. The van der Waals surface area contributed by atoms with Gasteiger partial charge in [-0.3, -0.25) is 20.4 Å². The highest BCUT2D eigenvalue weighted by molar-refractivity contribution is 6.01. The molecule has 87 heavy (non-hydrogen) atoms. The van der Waals surface area contributed by atoms with Crippen LogP contribution >= 0.6 is 12.4 Å². The molecular weight excluding hydrogens is 1140 g/mol. The fourth-order valence-electron chi connectivity index (χ4n) is 10.4. The Labute approximate surface area is 524 Å². The van der Waals surface area contributed by atoms with Crippen molar-refractivity contribution in [2.45, 2.75) is 178 Å². The van der Waals surface area contributed by atoms with E-state index in [-0.39, 0.29) is 24.8 Å². The summed E-state index contributed by atoms with van der Waals surface area (Å²) in [7, 11) is 0. The summed E-state index contributed by atoms with van der Waals surface area (Å²) in [5.74, 6) is 0. The lowest BCUT2D eigenvalue weighted by atomic mass is 9.93. The fraction of sp³-hybridized carbons (Fsp3) is 0.420. The number of aryl methyl sites for hydroxylation is 3. The second kappa shape index (κ2) is 27.9. The molecule has 0 aliphatic rings. The van der Waals surface area contributed by atoms with Crippen molar-refractivity contribution in [2.24, 2.45) is 0 Å². The van der Waals surface area contributed by atoms with Gasteiger partial charge in [-0.05, 0) is 194 Å². The fourth-order valence-corrected chi connectivity index (χ4v) is 10.4.